The Morgan fingerprint density at radius 2 is 1.90 bits per heavy atom. The molecule has 0 aliphatic carbocycles. The number of nitrogens with zero attached hydrogens (tertiary/aromatic N) is 4. The van der Waals surface area contributed by atoms with Crippen molar-refractivity contribution >= 4 is 46.1 Å². The van der Waals surface area contributed by atoms with Crippen LogP contribution in [-0.4, -0.2) is 39.3 Å². The lowest BCUT2D eigenvalue weighted by molar-refractivity contribution is -0.122. The van der Waals surface area contributed by atoms with Crippen molar-refractivity contribution in [2.24, 2.45) is 18.9 Å². The fourth-order valence-electron chi connectivity index (χ4n) is 4.57. The van der Waals surface area contributed by atoms with Crippen LogP contribution >= 0.6 is 24.0 Å². The summed E-state index contributed by atoms with van der Waals surface area (Å²) in [6.07, 6.45) is 4.86. The molecule has 0 saturated carbocycles. The van der Waals surface area contributed by atoms with Crippen LogP contribution in [0, 0.1) is 30.1 Å². The molecule has 8 heteroatoms. The normalized spacial score (nSPS) is 23.0. The van der Waals surface area contributed by atoms with Gasteiger partial charge in [-0.2, -0.15) is 5.26 Å². The number of carbonyl (C=O) groups is 1. The van der Waals surface area contributed by atoms with Gasteiger partial charge in [-0.3, -0.25) is 19.1 Å². The molecule has 1 amide bonds. The van der Waals surface area contributed by atoms with E-state index in [1.165, 1.54) is 11.8 Å². The number of unbranched alkanes of at least 4 members (excludes halogenated alkanes) is 1. The van der Waals surface area contributed by atoms with Crippen LogP contribution in [0.5, 0.6) is 0 Å². The maximum absolute atomic E-state index is 13.0. The molecule has 6 nitrogen and oxygen atoms in total. The lowest BCUT2D eigenvalue weighted by Gasteiger charge is -2.38. The summed E-state index contributed by atoms with van der Waals surface area (Å²) in [5.74, 6) is 1.67. The van der Waals surface area contributed by atoms with Crippen molar-refractivity contribution in [1.29, 1.82) is 5.26 Å². The van der Waals surface area contributed by atoms with Crippen LogP contribution in [-0.2, 0) is 11.8 Å². The molecule has 0 aromatic carbocycles. The van der Waals surface area contributed by atoms with E-state index in [4.69, 9.17) is 12.2 Å². The zero-order valence-corrected chi connectivity index (χ0v) is 20.5. The average Bonchev–Trinajstić information content (AvgIpc) is 2.97. The second-order valence-electron chi connectivity index (χ2n) is 8.75. The number of rotatable bonds is 5. The van der Waals surface area contributed by atoms with E-state index < -0.39 is 0 Å². The van der Waals surface area contributed by atoms with Gasteiger partial charge in [0, 0.05) is 32.2 Å². The van der Waals surface area contributed by atoms with Gasteiger partial charge in [0.15, 0.2) is 0 Å². The highest BCUT2D eigenvalue weighted by molar-refractivity contribution is 8.26. The van der Waals surface area contributed by atoms with Gasteiger partial charge in [-0.25, -0.2) is 0 Å². The zero-order valence-electron chi connectivity index (χ0n) is 18.9. The van der Waals surface area contributed by atoms with Gasteiger partial charge in [-0.15, -0.1) is 0 Å². The van der Waals surface area contributed by atoms with Gasteiger partial charge in [0.05, 0.1) is 4.91 Å². The van der Waals surface area contributed by atoms with Crippen molar-refractivity contribution in [2.45, 2.75) is 47.0 Å². The van der Waals surface area contributed by atoms with Gasteiger partial charge >= 0.3 is 0 Å². The summed E-state index contributed by atoms with van der Waals surface area (Å²) in [6.45, 7) is 10.6. The van der Waals surface area contributed by atoms with E-state index in [0.29, 0.717) is 33.2 Å². The summed E-state index contributed by atoms with van der Waals surface area (Å²) < 4.78 is 2.13. The summed E-state index contributed by atoms with van der Waals surface area (Å²) in [7, 11) is 1.71. The number of amides is 1. The molecule has 2 aliphatic rings. The first kappa shape index (κ1) is 23.6. The number of thiocarbonyl (C=S) groups is 1. The van der Waals surface area contributed by atoms with E-state index in [2.05, 4.69) is 31.7 Å². The average molecular weight is 459 g/mol. The molecule has 31 heavy (non-hydrogen) atoms. The van der Waals surface area contributed by atoms with Crippen molar-refractivity contribution < 1.29 is 4.79 Å². The Kier molecular flexibility index (Phi) is 7.28. The zero-order chi connectivity index (χ0) is 22.9. The number of aromatic nitrogens is 1. The number of hydrogen-bond donors (Lipinski definition) is 0. The second-order valence-corrected chi connectivity index (χ2v) is 10.4. The minimum Gasteiger partial charge on any atom is -0.357 e. The van der Waals surface area contributed by atoms with Crippen molar-refractivity contribution in [3.05, 3.63) is 31.9 Å². The van der Waals surface area contributed by atoms with Crippen LogP contribution in [0.1, 0.15) is 56.7 Å². The number of carbonyl (C=O) groups excluding carboxylic acids is 1. The molecule has 0 spiro atoms. The first-order chi connectivity index (χ1) is 14.7. The molecule has 3 heterocycles. The monoisotopic (exact) mass is 458 g/mol. The predicted molar refractivity (Wildman–Crippen MR) is 131 cm³/mol. The van der Waals surface area contributed by atoms with Crippen molar-refractivity contribution in [3.63, 3.8) is 0 Å². The van der Waals surface area contributed by atoms with Gasteiger partial charge in [0.2, 0.25) is 0 Å². The van der Waals surface area contributed by atoms with Crippen molar-refractivity contribution in [1.82, 2.24) is 9.47 Å². The number of pyridine rings is 1. The maximum Gasteiger partial charge on any atom is 0.270 e. The third kappa shape index (κ3) is 4.58. The summed E-state index contributed by atoms with van der Waals surface area (Å²) in [4.78, 5) is 30.4. The lowest BCUT2D eigenvalue weighted by Crippen LogP contribution is -2.42. The Morgan fingerprint density at radius 1 is 1.26 bits per heavy atom. The molecule has 1 aromatic heterocycles. The van der Waals surface area contributed by atoms with Crippen LogP contribution in [0.2, 0.25) is 0 Å². The molecular formula is C23H30N4O2S2. The molecule has 2 fully saturated rings. The number of anilines is 1. The molecule has 3 rings (SSSR count). The molecule has 166 valence electrons. The van der Waals surface area contributed by atoms with E-state index in [1.807, 2.05) is 6.08 Å². The highest BCUT2D eigenvalue weighted by Gasteiger charge is 2.33. The molecule has 2 atom stereocenters. The fourth-order valence-corrected chi connectivity index (χ4v) is 5.86. The molecular weight excluding hydrogens is 428 g/mol. The van der Waals surface area contributed by atoms with E-state index in [1.54, 1.807) is 23.4 Å². The molecule has 1 aromatic rings. The van der Waals surface area contributed by atoms with E-state index in [9.17, 15) is 14.9 Å². The van der Waals surface area contributed by atoms with Gasteiger partial charge in [-0.1, -0.05) is 51.2 Å². The van der Waals surface area contributed by atoms with Crippen molar-refractivity contribution in [2.75, 3.05) is 24.5 Å². The summed E-state index contributed by atoms with van der Waals surface area (Å²) >= 11 is 6.75. The minimum atomic E-state index is -0.298. The van der Waals surface area contributed by atoms with Gasteiger partial charge in [0.25, 0.3) is 11.5 Å². The molecule has 0 bridgehead atoms. The highest BCUT2D eigenvalue weighted by atomic mass is 32.2. The van der Waals surface area contributed by atoms with Crippen LogP contribution in [0.15, 0.2) is 9.70 Å². The summed E-state index contributed by atoms with van der Waals surface area (Å²) in [5.41, 5.74) is 1.20. The Morgan fingerprint density at radius 3 is 2.48 bits per heavy atom. The van der Waals surface area contributed by atoms with E-state index >= 15 is 0 Å². The van der Waals surface area contributed by atoms with E-state index in [0.717, 1.165) is 43.7 Å². The Bertz CT molecular complexity index is 1030. The van der Waals surface area contributed by atoms with Crippen LogP contribution in [0.4, 0.5) is 5.82 Å². The summed E-state index contributed by atoms with van der Waals surface area (Å²) in [6, 6.07) is 2.07. The van der Waals surface area contributed by atoms with Gasteiger partial charge < -0.3 is 4.90 Å². The number of thioether (sulfide) groups is 1. The molecule has 0 radical (unpaired) electrons. The number of hydrogen-bond acceptors (Lipinski definition) is 6. The highest BCUT2D eigenvalue weighted by Crippen LogP contribution is 2.37. The van der Waals surface area contributed by atoms with E-state index in [-0.39, 0.29) is 17.0 Å². The van der Waals surface area contributed by atoms with Gasteiger partial charge in [0.1, 0.15) is 21.8 Å². The largest absolute Gasteiger partial charge is 0.357 e. The Balaban J connectivity index is 2.15. The van der Waals surface area contributed by atoms with Crippen molar-refractivity contribution in [3.8, 4) is 6.07 Å². The Hall–Kier alpha value is -2.11. The predicted octanol–water partition coefficient (Wildman–Crippen LogP) is 4.05. The first-order valence-electron chi connectivity index (χ1n) is 10.8. The fraction of sp³-hybridized carbons (Fsp3) is 0.565. The standard InChI is InChI=1S/C23H30N4O2S2/c1-6-7-8-27-22(29)19(31-23(27)30)10-17-16(4)18(11-24)21(28)25(5)20(17)26-12-14(2)9-15(3)13-26/h10,14-15H,6-9,12-13H2,1-5H3/b19-10-. The van der Waals surface area contributed by atoms with Crippen LogP contribution in [0.3, 0.4) is 0 Å². The smallest absolute Gasteiger partial charge is 0.270 e. The molecule has 2 aliphatic heterocycles. The number of nitriles is 1. The SMILES string of the molecule is CCCCN1C(=O)/C(=C/c2c(C)c(C#N)c(=O)n(C)c2N2CC(C)CC(C)C2)SC1=S. The third-order valence-electron chi connectivity index (χ3n) is 6.02. The third-order valence-corrected chi connectivity index (χ3v) is 7.40. The first-order valence-corrected chi connectivity index (χ1v) is 12.1. The Labute approximate surface area is 193 Å². The second kappa shape index (κ2) is 9.58. The van der Waals surface area contributed by atoms with Crippen LogP contribution < -0.4 is 10.5 Å². The minimum absolute atomic E-state index is 0.0958. The molecule has 2 saturated heterocycles. The topological polar surface area (TPSA) is 69.3 Å². The van der Waals surface area contributed by atoms with Crippen LogP contribution in [0.25, 0.3) is 6.08 Å². The number of piperidine rings is 1. The quantitative estimate of drug-likeness (QED) is 0.490. The molecule has 0 N–H and O–H groups in total. The lowest BCUT2D eigenvalue weighted by atomic mass is 9.91. The van der Waals surface area contributed by atoms with Gasteiger partial charge in [-0.05, 0) is 43.2 Å². The maximum atomic E-state index is 13.0. The molecule has 2 unspecified atom stereocenters. The summed E-state index contributed by atoms with van der Waals surface area (Å²) in [5, 5.41) is 9.63.